The molecule has 3 aromatic carbocycles. The first kappa shape index (κ1) is 29.0. The number of anilines is 2. The van der Waals surface area contributed by atoms with Crippen molar-refractivity contribution in [1.29, 1.82) is 5.41 Å². The van der Waals surface area contributed by atoms with Crippen molar-refractivity contribution in [3.63, 3.8) is 0 Å². The maximum Gasteiger partial charge on any atom is 0.320 e. The highest BCUT2D eigenvalue weighted by molar-refractivity contribution is 7.93. The lowest BCUT2D eigenvalue weighted by Gasteiger charge is -2.34. The number of nitrogens with one attached hydrogen (secondary N) is 1. The van der Waals surface area contributed by atoms with Crippen molar-refractivity contribution in [2.45, 2.75) is 18.9 Å². The van der Waals surface area contributed by atoms with E-state index in [2.05, 4.69) is 17.0 Å². The van der Waals surface area contributed by atoms with Crippen LogP contribution in [0.15, 0.2) is 78.9 Å². The van der Waals surface area contributed by atoms with Crippen molar-refractivity contribution < 1.29 is 23.1 Å². The van der Waals surface area contributed by atoms with Gasteiger partial charge in [0.15, 0.2) is 5.75 Å². The molecule has 1 aliphatic rings. The average molecular weight is 583 g/mol. The minimum Gasteiger partial charge on any atom is -0.489 e. The third kappa shape index (κ3) is 7.55. The zero-order valence-corrected chi connectivity index (χ0v) is 23.3. The highest BCUT2D eigenvalue weighted by Crippen LogP contribution is 2.33. The second-order valence-electron chi connectivity index (χ2n) is 9.38. The van der Waals surface area contributed by atoms with Crippen LogP contribution in [-0.4, -0.2) is 56.8 Å². The van der Waals surface area contributed by atoms with E-state index in [9.17, 15) is 18.3 Å². The third-order valence-corrected chi connectivity index (χ3v) is 8.42. The number of carbonyl (C=O) groups is 1. The van der Waals surface area contributed by atoms with Crippen molar-refractivity contribution in [2.75, 3.05) is 34.6 Å². The van der Waals surface area contributed by atoms with Gasteiger partial charge in [-0.1, -0.05) is 60.2 Å². The monoisotopic (exact) mass is 582 g/mol. The summed E-state index contributed by atoms with van der Waals surface area (Å²) in [5, 5.41) is 17.0. The predicted molar refractivity (Wildman–Crippen MR) is 159 cm³/mol. The van der Waals surface area contributed by atoms with Crippen LogP contribution in [0.3, 0.4) is 0 Å². The summed E-state index contributed by atoms with van der Waals surface area (Å²) in [4.78, 5) is 13.6. The van der Waals surface area contributed by atoms with E-state index in [1.54, 1.807) is 48.6 Å². The Bertz CT molecular complexity index is 1490. The number of carboxylic acids is 1. The van der Waals surface area contributed by atoms with Gasteiger partial charge in [0, 0.05) is 37.2 Å². The molecule has 0 spiro atoms. The van der Waals surface area contributed by atoms with Crippen LogP contribution in [0.25, 0.3) is 6.08 Å². The van der Waals surface area contributed by atoms with Gasteiger partial charge in [-0.15, -0.1) is 0 Å². The lowest BCUT2D eigenvalue weighted by Crippen LogP contribution is -2.38. The zero-order valence-electron chi connectivity index (χ0n) is 21.7. The molecule has 0 aromatic heterocycles. The van der Waals surface area contributed by atoms with E-state index in [1.165, 1.54) is 11.8 Å². The summed E-state index contributed by atoms with van der Waals surface area (Å²) in [6.45, 7) is 1.55. The van der Waals surface area contributed by atoms with E-state index in [0.29, 0.717) is 16.9 Å². The molecule has 4 N–H and O–H groups in total. The standard InChI is InChI=1S/C29H31ClN4O5S/c30-26-19-24(11-12-27(26)39-25-13-16-33(17-14-25)23-9-2-1-3-10-23)34(40(37,38)20-28(35)36)15-5-7-21-6-4-8-22(18-21)29(31)32/h1-12,18-19,25H,13-17,20H2,(H3,31,32)(H,35,36). The molecule has 0 radical (unpaired) electrons. The van der Waals surface area contributed by atoms with Gasteiger partial charge in [-0.05, 0) is 42.0 Å². The summed E-state index contributed by atoms with van der Waals surface area (Å²) in [5.74, 6) is -2.18. The molecule has 3 aromatic rings. The Hall–Kier alpha value is -4.02. The molecule has 0 amide bonds. The molecule has 9 nitrogen and oxygen atoms in total. The number of benzene rings is 3. The average Bonchev–Trinajstić information content (AvgIpc) is 2.92. The third-order valence-electron chi connectivity index (χ3n) is 6.48. The number of aliphatic carboxylic acids is 1. The molecule has 4 rings (SSSR count). The van der Waals surface area contributed by atoms with Gasteiger partial charge in [-0.2, -0.15) is 0 Å². The maximum absolute atomic E-state index is 13.0. The summed E-state index contributed by atoms with van der Waals surface area (Å²) in [6.07, 6.45) is 4.85. The second kappa shape index (κ2) is 12.9. The fraction of sp³-hybridized carbons (Fsp3) is 0.241. The summed E-state index contributed by atoms with van der Waals surface area (Å²) in [6, 6.07) is 21.7. The number of nitrogens with zero attached hydrogens (tertiary/aromatic N) is 2. The number of para-hydroxylation sites is 1. The Labute approximate surface area is 239 Å². The lowest BCUT2D eigenvalue weighted by atomic mass is 10.1. The van der Waals surface area contributed by atoms with Crippen molar-refractivity contribution in [1.82, 2.24) is 0 Å². The molecule has 1 heterocycles. The number of hydrogen-bond donors (Lipinski definition) is 3. The van der Waals surface area contributed by atoms with Crippen LogP contribution in [-0.2, 0) is 14.8 Å². The summed E-state index contributed by atoms with van der Waals surface area (Å²) in [7, 11) is -4.22. The molecule has 1 aliphatic heterocycles. The topological polar surface area (TPSA) is 137 Å². The molecule has 0 aliphatic carbocycles. The van der Waals surface area contributed by atoms with Gasteiger partial charge in [-0.25, -0.2) is 8.42 Å². The Morgan fingerprint density at radius 2 is 1.82 bits per heavy atom. The molecule has 0 saturated carbocycles. The van der Waals surface area contributed by atoms with Gasteiger partial charge in [0.2, 0.25) is 10.0 Å². The number of nitrogens with two attached hydrogens (primary N) is 1. The Morgan fingerprint density at radius 1 is 1.10 bits per heavy atom. The molecule has 0 atom stereocenters. The van der Waals surface area contributed by atoms with Crippen molar-refractivity contribution >= 4 is 50.9 Å². The first-order chi connectivity index (χ1) is 19.1. The smallest absolute Gasteiger partial charge is 0.320 e. The van der Waals surface area contributed by atoms with Gasteiger partial charge in [0.05, 0.1) is 17.3 Å². The molecule has 0 unspecified atom stereocenters. The molecule has 11 heteroatoms. The highest BCUT2D eigenvalue weighted by Gasteiger charge is 2.26. The van der Waals surface area contributed by atoms with Crippen molar-refractivity contribution in [3.05, 3.63) is 95.0 Å². The van der Waals surface area contributed by atoms with E-state index < -0.39 is 21.7 Å². The molecule has 40 heavy (non-hydrogen) atoms. The quantitative estimate of drug-likeness (QED) is 0.222. The maximum atomic E-state index is 13.0. The number of amidine groups is 1. The molecule has 0 bridgehead atoms. The molecular weight excluding hydrogens is 552 g/mol. The van der Waals surface area contributed by atoms with Crippen LogP contribution in [0.4, 0.5) is 11.4 Å². The fourth-order valence-electron chi connectivity index (χ4n) is 4.50. The van der Waals surface area contributed by atoms with Crippen LogP contribution < -0.4 is 19.7 Å². The summed E-state index contributed by atoms with van der Waals surface area (Å²) < 4.78 is 33.1. The first-order valence-corrected chi connectivity index (χ1v) is 14.7. The number of nitrogen functional groups attached to an aromatic ring is 1. The molecule has 210 valence electrons. The van der Waals surface area contributed by atoms with Crippen LogP contribution in [0, 0.1) is 5.41 Å². The van der Waals surface area contributed by atoms with Gasteiger partial charge in [0.25, 0.3) is 0 Å². The minimum absolute atomic E-state index is 0.0381. The van der Waals surface area contributed by atoms with E-state index in [1.807, 2.05) is 18.2 Å². The number of piperidine rings is 1. The van der Waals surface area contributed by atoms with Crippen molar-refractivity contribution in [2.24, 2.45) is 5.73 Å². The van der Waals surface area contributed by atoms with Gasteiger partial charge < -0.3 is 20.5 Å². The number of ether oxygens (including phenoxy) is 1. The predicted octanol–water partition coefficient (Wildman–Crippen LogP) is 4.61. The van der Waals surface area contributed by atoms with E-state index in [4.69, 9.17) is 27.5 Å². The summed E-state index contributed by atoms with van der Waals surface area (Å²) in [5.41, 5.74) is 8.18. The molecular formula is C29H31ClN4O5S. The van der Waals surface area contributed by atoms with E-state index in [-0.39, 0.29) is 29.2 Å². The Morgan fingerprint density at radius 3 is 2.48 bits per heavy atom. The minimum atomic E-state index is -4.22. The number of rotatable bonds is 11. The van der Waals surface area contributed by atoms with Crippen LogP contribution in [0.5, 0.6) is 5.75 Å². The van der Waals surface area contributed by atoms with Crippen LogP contribution >= 0.6 is 11.6 Å². The van der Waals surface area contributed by atoms with Crippen molar-refractivity contribution in [3.8, 4) is 5.75 Å². The fourth-order valence-corrected chi connectivity index (χ4v) is 5.93. The zero-order chi connectivity index (χ0) is 28.7. The SMILES string of the molecule is N=C(N)c1cccc(C=CCN(c2ccc(OC3CCN(c4ccccc4)CC3)c(Cl)c2)S(=O)(=O)CC(=O)O)c1. The van der Waals surface area contributed by atoms with Gasteiger partial charge in [0.1, 0.15) is 17.7 Å². The first-order valence-electron chi connectivity index (χ1n) is 12.7. The largest absolute Gasteiger partial charge is 0.489 e. The molecule has 1 fully saturated rings. The highest BCUT2D eigenvalue weighted by atomic mass is 35.5. The van der Waals surface area contributed by atoms with Gasteiger partial charge >= 0.3 is 5.97 Å². The lowest BCUT2D eigenvalue weighted by molar-refractivity contribution is -0.134. The Kier molecular flexibility index (Phi) is 9.34. The number of hydrogen-bond acceptors (Lipinski definition) is 6. The second-order valence-corrected chi connectivity index (χ2v) is 11.7. The van der Waals surface area contributed by atoms with E-state index >= 15 is 0 Å². The van der Waals surface area contributed by atoms with Crippen LogP contribution in [0.1, 0.15) is 24.0 Å². The normalized spacial score (nSPS) is 14.3. The Balaban J connectivity index is 1.48. The summed E-state index contributed by atoms with van der Waals surface area (Å²) >= 11 is 6.53. The number of carboxylic acid groups (broad SMARTS) is 1. The molecule has 1 saturated heterocycles. The van der Waals surface area contributed by atoms with Gasteiger partial charge in [-0.3, -0.25) is 14.5 Å². The number of sulfonamides is 1. The number of halogens is 1. The van der Waals surface area contributed by atoms with Crippen LogP contribution in [0.2, 0.25) is 5.02 Å². The van der Waals surface area contributed by atoms with E-state index in [0.717, 1.165) is 30.2 Å².